The number of carbonyl (C=O) groups excluding carboxylic acids is 3. The number of rotatable bonds is 12. The Kier molecular flexibility index (Phi) is 12.7. The van der Waals surface area contributed by atoms with Crippen molar-refractivity contribution < 1.29 is 28.7 Å². The lowest BCUT2D eigenvalue weighted by Crippen LogP contribution is -2.36. The lowest BCUT2D eigenvalue weighted by atomic mass is 10.2. The van der Waals surface area contributed by atoms with Gasteiger partial charge in [0, 0.05) is 26.4 Å². The first kappa shape index (κ1) is 27.6. The zero-order chi connectivity index (χ0) is 23.2. The zero-order valence-electron chi connectivity index (χ0n) is 19.2. The summed E-state index contributed by atoms with van der Waals surface area (Å²) in [5.74, 6) is -0.464. The van der Waals surface area contributed by atoms with Crippen LogP contribution in [-0.4, -0.2) is 73.7 Å². The van der Waals surface area contributed by atoms with Gasteiger partial charge in [0.1, 0.15) is 11.2 Å². The predicted molar refractivity (Wildman–Crippen MR) is 114 cm³/mol. The van der Waals surface area contributed by atoms with Crippen LogP contribution in [0.1, 0.15) is 60.8 Å². The molecule has 174 valence electrons. The fourth-order valence-corrected chi connectivity index (χ4v) is 2.32. The van der Waals surface area contributed by atoms with Crippen LogP contribution in [-0.2, 0) is 19.1 Å². The number of carbonyl (C=O) groups is 3. The summed E-state index contributed by atoms with van der Waals surface area (Å²) in [6, 6.07) is 0. The summed E-state index contributed by atoms with van der Waals surface area (Å²) < 4.78 is 10.4. The number of nitrogens with one attached hydrogen (secondary N) is 2. The lowest BCUT2D eigenvalue weighted by Gasteiger charge is -2.23. The number of ether oxygens (including phenoxy) is 2. The topological polar surface area (TPSA) is 119 Å². The third-order valence-electron chi connectivity index (χ3n) is 3.44. The summed E-state index contributed by atoms with van der Waals surface area (Å²) in [6.45, 7) is 16.6. The van der Waals surface area contributed by atoms with Crippen molar-refractivity contribution in [1.29, 1.82) is 0 Å². The van der Waals surface area contributed by atoms with E-state index >= 15 is 0 Å². The maximum absolute atomic E-state index is 11.7. The van der Waals surface area contributed by atoms with Crippen molar-refractivity contribution in [3.63, 3.8) is 0 Å². The maximum atomic E-state index is 11.7. The molecule has 0 unspecified atom stereocenters. The van der Waals surface area contributed by atoms with Gasteiger partial charge in [-0.2, -0.15) is 0 Å². The maximum Gasteiger partial charge on any atom is 0.407 e. The van der Waals surface area contributed by atoms with E-state index in [0.29, 0.717) is 45.6 Å². The van der Waals surface area contributed by atoms with Gasteiger partial charge in [-0.3, -0.25) is 0 Å². The van der Waals surface area contributed by atoms with Crippen molar-refractivity contribution in [3.05, 3.63) is 0 Å². The minimum Gasteiger partial charge on any atom is -0.444 e. The van der Waals surface area contributed by atoms with Gasteiger partial charge in [0.25, 0.3) is 0 Å². The molecule has 10 nitrogen and oxygen atoms in total. The Morgan fingerprint density at radius 1 is 0.833 bits per heavy atom. The summed E-state index contributed by atoms with van der Waals surface area (Å²) in [5, 5.41) is 8.54. The van der Waals surface area contributed by atoms with Crippen LogP contribution in [0.3, 0.4) is 0 Å². The summed E-state index contributed by atoms with van der Waals surface area (Å²) in [7, 11) is 0. The number of amides is 2. The molecule has 0 atom stereocenters. The van der Waals surface area contributed by atoms with Crippen molar-refractivity contribution in [3.8, 4) is 0 Å². The highest BCUT2D eigenvalue weighted by molar-refractivity contribution is 5.69. The number of hydrogen-bond acceptors (Lipinski definition) is 8. The Hall–Kier alpha value is -2.36. The van der Waals surface area contributed by atoms with E-state index in [9.17, 15) is 14.4 Å². The Balaban J connectivity index is 4.34. The average Bonchev–Trinajstić information content (AvgIpc) is 2.56. The van der Waals surface area contributed by atoms with Crippen molar-refractivity contribution in [2.24, 2.45) is 5.16 Å². The summed E-state index contributed by atoms with van der Waals surface area (Å²) in [4.78, 5) is 41.5. The molecular weight excluding hydrogens is 392 g/mol. The van der Waals surface area contributed by atoms with Gasteiger partial charge in [0.2, 0.25) is 0 Å². The molecule has 0 saturated heterocycles. The van der Waals surface area contributed by atoms with Gasteiger partial charge in [-0.15, -0.1) is 0 Å². The minimum atomic E-state index is -0.545. The molecule has 2 N–H and O–H groups in total. The number of alkyl carbamates (subject to hydrolysis) is 2. The summed E-state index contributed by atoms with van der Waals surface area (Å²) in [6.07, 6.45) is 0.589. The molecule has 2 amide bonds. The second-order valence-electron chi connectivity index (χ2n) is 8.75. The quantitative estimate of drug-likeness (QED) is 0.211. The van der Waals surface area contributed by atoms with E-state index in [2.05, 4.69) is 32.2 Å². The molecule has 0 saturated carbocycles. The molecular formula is C20H38N4O6. The van der Waals surface area contributed by atoms with Crippen molar-refractivity contribution >= 4 is 24.9 Å². The van der Waals surface area contributed by atoms with Gasteiger partial charge in [-0.1, -0.05) is 5.16 Å². The molecule has 0 aromatic carbocycles. The van der Waals surface area contributed by atoms with Crippen LogP contribution in [0.15, 0.2) is 5.16 Å². The smallest absolute Gasteiger partial charge is 0.407 e. The van der Waals surface area contributed by atoms with Crippen LogP contribution in [0.2, 0.25) is 0 Å². The largest absolute Gasteiger partial charge is 0.444 e. The van der Waals surface area contributed by atoms with Crippen molar-refractivity contribution in [2.45, 2.75) is 72.0 Å². The van der Waals surface area contributed by atoms with Crippen LogP contribution < -0.4 is 10.6 Å². The molecule has 0 radical (unpaired) electrons. The van der Waals surface area contributed by atoms with Gasteiger partial charge in [0.15, 0.2) is 0 Å². The SMILES string of the molecule is C=NOC(=O)CCN(CCCNC(=O)OC(C)(C)C)CCCNC(=O)OC(C)(C)C. The summed E-state index contributed by atoms with van der Waals surface area (Å²) in [5.41, 5.74) is -1.09. The highest BCUT2D eigenvalue weighted by Crippen LogP contribution is 2.07. The second-order valence-corrected chi connectivity index (χ2v) is 8.75. The van der Waals surface area contributed by atoms with E-state index in [-0.39, 0.29) is 6.42 Å². The molecule has 10 heteroatoms. The van der Waals surface area contributed by atoms with Gasteiger partial charge in [-0.05, 0) is 67.5 Å². The highest BCUT2D eigenvalue weighted by atomic mass is 16.7. The number of oxime groups is 1. The first-order chi connectivity index (χ1) is 13.8. The van der Waals surface area contributed by atoms with Gasteiger partial charge >= 0.3 is 18.2 Å². The van der Waals surface area contributed by atoms with E-state index in [4.69, 9.17) is 9.47 Å². The Labute approximate surface area is 179 Å². The average molecular weight is 431 g/mol. The molecule has 0 aromatic heterocycles. The van der Waals surface area contributed by atoms with E-state index in [1.165, 1.54) is 0 Å². The molecule has 0 aliphatic carbocycles. The summed E-state index contributed by atoms with van der Waals surface area (Å²) >= 11 is 0. The van der Waals surface area contributed by atoms with E-state index in [1.54, 1.807) is 41.5 Å². The number of hydrogen-bond donors (Lipinski definition) is 2. The Bertz CT molecular complexity index is 518. The van der Waals surface area contributed by atoms with Gasteiger partial charge in [-0.25, -0.2) is 14.4 Å². The van der Waals surface area contributed by atoms with Crippen molar-refractivity contribution in [1.82, 2.24) is 15.5 Å². The molecule has 0 aliphatic heterocycles. The third kappa shape index (κ3) is 17.7. The van der Waals surface area contributed by atoms with Crippen molar-refractivity contribution in [2.75, 3.05) is 32.7 Å². The van der Waals surface area contributed by atoms with Gasteiger partial charge in [0.05, 0.1) is 6.42 Å². The standard InChI is InChI=1S/C20H38N4O6/c1-19(2,3)28-17(26)22-11-8-13-24(15-10-16(25)30-21-7)14-9-12-23-18(27)29-20(4,5)6/h7-15H2,1-6H3,(H,22,26)(H,23,27). The number of nitrogens with zero attached hydrogens (tertiary/aromatic N) is 2. The van der Waals surface area contributed by atoms with Crippen LogP contribution >= 0.6 is 0 Å². The normalized spacial score (nSPS) is 11.6. The molecule has 0 heterocycles. The van der Waals surface area contributed by atoms with Crippen LogP contribution in [0.25, 0.3) is 0 Å². The molecule has 0 fully saturated rings. The molecule has 0 rings (SSSR count). The van der Waals surface area contributed by atoms with Crippen LogP contribution in [0.5, 0.6) is 0 Å². The fraction of sp³-hybridized carbons (Fsp3) is 0.800. The molecule has 30 heavy (non-hydrogen) atoms. The Morgan fingerprint density at radius 3 is 1.63 bits per heavy atom. The predicted octanol–water partition coefficient (Wildman–Crippen LogP) is 2.67. The van der Waals surface area contributed by atoms with E-state index in [0.717, 1.165) is 0 Å². The molecule has 0 spiro atoms. The first-order valence-electron chi connectivity index (χ1n) is 10.1. The fourth-order valence-electron chi connectivity index (χ4n) is 2.32. The van der Waals surface area contributed by atoms with Crippen LogP contribution in [0.4, 0.5) is 9.59 Å². The lowest BCUT2D eigenvalue weighted by molar-refractivity contribution is -0.143. The van der Waals surface area contributed by atoms with E-state index < -0.39 is 29.4 Å². The monoisotopic (exact) mass is 430 g/mol. The molecule has 0 aliphatic rings. The first-order valence-corrected chi connectivity index (χ1v) is 10.1. The van der Waals surface area contributed by atoms with E-state index in [1.807, 2.05) is 0 Å². The zero-order valence-corrected chi connectivity index (χ0v) is 19.2. The van der Waals surface area contributed by atoms with Crippen LogP contribution in [0, 0.1) is 0 Å². The van der Waals surface area contributed by atoms with Gasteiger partial charge < -0.3 is 29.8 Å². The second kappa shape index (κ2) is 13.8. The minimum absolute atomic E-state index is 0.165. The molecule has 0 aromatic rings. The highest BCUT2D eigenvalue weighted by Gasteiger charge is 2.17. The third-order valence-corrected chi connectivity index (χ3v) is 3.44. The molecule has 0 bridgehead atoms. The Morgan fingerprint density at radius 2 is 1.27 bits per heavy atom.